The molecule has 7 aliphatic heterocycles. The maximum absolute atomic E-state index is 12.4. The maximum Gasteiger partial charge on any atom is 0.312 e. The van der Waals surface area contributed by atoms with Gasteiger partial charge in [-0.3, -0.25) is 57.9 Å². The third kappa shape index (κ3) is 7.83. The molecule has 0 spiro atoms. The summed E-state index contributed by atoms with van der Waals surface area (Å²) < 4.78 is 73.9. The van der Waals surface area contributed by atoms with E-state index >= 15 is 0 Å². The van der Waals surface area contributed by atoms with E-state index in [1.165, 1.54) is 0 Å². The Morgan fingerprint density at radius 3 is 1.50 bits per heavy atom. The molecule has 0 aromatic rings. The van der Waals surface area contributed by atoms with Gasteiger partial charge in [0.05, 0.1) is 41.3 Å². The smallest absolute Gasteiger partial charge is 0.312 e. The summed E-state index contributed by atoms with van der Waals surface area (Å²) in [5, 5.41) is 6.16. The van der Waals surface area contributed by atoms with Crippen molar-refractivity contribution in [2.75, 3.05) is 0 Å². The lowest BCUT2D eigenvalue weighted by Crippen LogP contribution is -2.49. The number of hydrogen-bond donors (Lipinski definition) is 3. The van der Waals surface area contributed by atoms with Gasteiger partial charge in [-0.15, -0.1) is 0 Å². The van der Waals surface area contributed by atoms with E-state index in [1.54, 1.807) is 41.5 Å². The van der Waals surface area contributed by atoms with E-state index in [0.29, 0.717) is 38.5 Å². The second-order valence-electron chi connectivity index (χ2n) is 20.1. The number of carbonyl (C=O) groups excluding carboxylic acids is 7. The molecule has 0 aromatic carbocycles. The molecule has 346 valence electrons. The fraction of sp³-hybridized carbons (Fsp3) is 0.829. The summed E-state index contributed by atoms with van der Waals surface area (Å²) >= 11 is 0. The monoisotopic (exact) mass is 913 g/mol. The van der Waals surface area contributed by atoms with Crippen LogP contribution in [0.3, 0.4) is 0 Å². The average molecular weight is 914 g/mol. The van der Waals surface area contributed by atoms with Gasteiger partial charge in [0.1, 0.15) is 35.6 Å². The summed E-state index contributed by atoms with van der Waals surface area (Å²) in [4.78, 5) is 84.8. The molecular formula is C41H59N3O16S2. The highest BCUT2D eigenvalue weighted by molar-refractivity contribution is 7.88. The van der Waals surface area contributed by atoms with Crippen LogP contribution in [0.1, 0.15) is 107 Å². The molecule has 15 atom stereocenters. The summed E-state index contributed by atoms with van der Waals surface area (Å²) in [5.74, 6) is -4.62. The summed E-state index contributed by atoms with van der Waals surface area (Å²) in [6.07, 6.45) is 0.244. The Hall–Kier alpha value is -3.37. The minimum atomic E-state index is -3.65. The number of amides is 6. The van der Waals surface area contributed by atoms with Gasteiger partial charge in [0.2, 0.25) is 35.4 Å². The summed E-state index contributed by atoms with van der Waals surface area (Å²) in [7, 11) is -7.17. The lowest BCUT2D eigenvalue weighted by Gasteiger charge is -2.26. The fourth-order valence-corrected chi connectivity index (χ4v) is 13.6. The molecule has 0 aromatic heterocycles. The van der Waals surface area contributed by atoms with Gasteiger partial charge in [-0.25, -0.2) is 0 Å². The SMILES string of the molecule is CCC(C)(C)C(=O)NC(=O)C1C2CC3C(=O)OC1C3O2.CCC(C)(C)C(=O)NC(=O)C1C2CC3C(O2)C1OS3(=O)=O.CCC(C)(C)C(=O)NC(=O)C1C2CC3C1OS(=O)(=O)C3C2. The van der Waals surface area contributed by atoms with Crippen LogP contribution in [0.5, 0.6) is 0 Å². The van der Waals surface area contributed by atoms with Crippen molar-refractivity contribution in [2.45, 2.75) is 160 Å². The first kappa shape index (κ1) is 46.6. The number of ether oxygens (including phenoxy) is 3. The van der Waals surface area contributed by atoms with Crippen molar-refractivity contribution < 1.29 is 73.0 Å². The third-order valence-electron chi connectivity index (χ3n) is 15.3. The molecule has 2 saturated carbocycles. The standard InChI is InChI=1S/C14H21NO5S.C14H19NO5.C13H19NO6S/c1-4-14(2,3)13(17)15-12(16)10-7-5-8-9(6-7)21(18,19)20-11(8)10;1-4-14(2,3)13(18)15-11(16)8-7-5-6-9(19-7)10(8)20-12(6)17;1-4-13(2,3)12(16)14-11(15)8-6-5-7-9(19-6)10(8)20-21(7,17)18/h7-11H,4-6H2,1-3H3,(H,15,16,17);6-10H,4-5H2,1-3H3,(H,15,16,18);6-10H,4-5H2,1-3H3,(H,14,15,16). The first-order valence-corrected chi connectivity index (χ1v) is 24.5. The molecule has 62 heavy (non-hydrogen) atoms. The van der Waals surface area contributed by atoms with Crippen LogP contribution in [0.2, 0.25) is 0 Å². The molecule has 7 saturated heterocycles. The van der Waals surface area contributed by atoms with Crippen LogP contribution >= 0.6 is 0 Å². The zero-order valence-corrected chi connectivity index (χ0v) is 38.1. The predicted octanol–water partition coefficient (Wildman–Crippen LogP) is 1.16. The van der Waals surface area contributed by atoms with Crippen molar-refractivity contribution in [2.24, 2.45) is 51.8 Å². The number of nitrogens with one attached hydrogen (secondary N) is 3. The lowest BCUT2D eigenvalue weighted by molar-refractivity contribution is -0.147. The number of carbonyl (C=O) groups is 7. The summed E-state index contributed by atoms with van der Waals surface area (Å²) in [5.41, 5.74) is -1.86. The largest absolute Gasteiger partial charge is 0.458 e. The van der Waals surface area contributed by atoms with Crippen LogP contribution in [0, 0.1) is 51.8 Å². The Bertz CT molecular complexity index is 2050. The van der Waals surface area contributed by atoms with Gasteiger partial charge in [-0.2, -0.15) is 16.8 Å². The van der Waals surface area contributed by atoms with Crippen molar-refractivity contribution in [3.63, 3.8) is 0 Å². The zero-order chi connectivity index (χ0) is 45.8. The van der Waals surface area contributed by atoms with Crippen molar-refractivity contribution >= 4 is 61.6 Å². The molecule has 2 aliphatic carbocycles. The van der Waals surface area contributed by atoms with E-state index < -0.39 is 101 Å². The van der Waals surface area contributed by atoms with Crippen molar-refractivity contribution in [1.82, 2.24) is 16.0 Å². The van der Waals surface area contributed by atoms with E-state index in [2.05, 4.69) is 16.0 Å². The third-order valence-corrected chi connectivity index (χ3v) is 18.8. The van der Waals surface area contributed by atoms with Crippen LogP contribution in [0.15, 0.2) is 0 Å². The number of imide groups is 3. The minimum Gasteiger partial charge on any atom is -0.458 e. The Kier molecular flexibility index (Phi) is 12.0. The van der Waals surface area contributed by atoms with Crippen LogP contribution < -0.4 is 16.0 Å². The van der Waals surface area contributed by atoms with E-state index in [4.69, 9.17) is 22.6 Å². The molecule has 7 heterocycles. The second-order valence-corrected chi connectivity index (χ2v) is 23.6. The number of fused-ring (bicyclic) bond motifs is 3. The van der Waals surface area contributed by atoms with Gasteiger partial charge < -0.3 is 14.2 Å². The molecule has 9 fully saturated rings. The van der Waals surface area contributed by atoms with E-state index in [-0.39, 0.29) is 71.9 Å². The first-order valence-electron chi connectivity index (χ1n) is 21.6. The molecular weight excluding hydrogens is 855 g/mol. The summed E-state index contributed by atoms with van der Waals surface area (Å²) in [6, 6.07) is 0. The van der Waals surface area contributed by atoms with E-state index in [1.807, 2.05) is 20.8 Å². The van der Waals surface area contributed by atoms with Gasteiger partial charge in [0.25, 0.3) is 20.2 Å². The van der Waals surface area contributed by atoms with Crippen LogP contribution in [0.25, 0.3) is 0 Å². The molecule has 3 N–H and O–H groups in total. The normalized spacial score (nSPS) is 39.0. The van der Waals surface area contributed by atoms with E-state index in [0.717, 1.165) is 0 Å². The highest BCUT2D eigenvalue weighted by Gasteiger charge is 2.69. The number of esters is 1. The van der Waals surface area contributed by atoms with Gasteiger partial charge in [-0.05, 0) is 50.9 Å². The highest BCUT2D eigenvalue weighted by Crippen LogP contribution is 2.57. The number of hydrogen-bond acceptors (Lipinski definition) is 16. The van der Waals surface area contributed by atoms with Gasteiger partial charge in [0.15, 0.2) is 0 Å². The molecule has 6 amide bonds. The summed E-state index contributed by atoms with van der Waals surface area (Å²) in [6.45, 7) is 16.3. The predicted molar refractivity (Wildman–Crippen MR) is 213 cm³/mol. The molecule has 6 bridgehead atoms. The Labute approximate surface area is 361 Å². The molecule has 0 radical (unpaired) electrons. The quantitative estimate of drug-likeness (QED) is 0.216. The van der Waals surface area contributed by atoms with Crippen molar-refractivity contribution in [1.29, 1.82) is 0 Å². The molecule has 19 nitrogen and oxygen atoms in total. The lowest BCUT2D eigenvalue weighted by atomic mass is 9.81. The highest BCUT2D eigenvalue weighted by atomic mass is 32.2. The Morgan fingerprint density at radius 1 is 0.548 bits per heavy atom. The average Bonchev–Trinajstić information content (AvgIpc) is 4.07. The first-order chi connectivity index (χ1) is 28.7. The zero-order valence-electron chi connectivity index (χ0n) is 36.5. The van der Waals surface area contributed by atoms with Crippen molar-refractivity contribution in [3.8, 4) is 0 Å². The fourth-order valence-electron chi connectivity index (χ4n) is 10.1. The Morgan fingerprint density at radius 2 is 0.984 bits per heavy atom. The number of rotatable bonds is 9. The van der Waals surface area contributed by atoms with Gasteiger partial charge >= 0.3 is 5.97 Å². The molecule has 9 rings (SSSR count). The topological polar surface area (TPSA) is 270 Å². The maximum atomic E-state index is 12.4. The van der Waals surface area contributed by atoms with Crippen LogP contribution in [-0.4, -0.2) is 111 Å². The second kappa shape index (κ2) is 16.0. The molecule has 21 heteroatoms. The van der Waals surface area contributed by atoms with Crippen LogP contribution in [0.4, 0.5) is 0 Å². The minimum absolute atomic E-state index is 0.0137. The van der Waals surface area contributed by atoms with Crippen molar-refractivity contribution in [3.05, 3.63) is 0 Å². The van der Waals surface area contributed by atoms with Gasteiger partial charge in [0, 0.05) is 22.2 Å². The Balaban J connectivity index is 0.000000140. The van der Waals surface area contributed by atoms with Gasteiger partial charge in [-0.1, -0.05) is 62.3 Å². The van der Waals surface area contributed by atoms with E-state index in [9.17, 15) is 50.4 Å². The molecule has 9 aliphatic rings. The van der Waals surface area contributed by atoms with Crippen LogP contribution in [-0.2, 0) is 76.4 Å². The molecule has 15 unspecified atom stereocenters.